The van der Waals surface area contributed by atoms with Crippen LogP contribution in [0, 0.1) is 0 Å². The van der Waals surface area contributed by atoms with Crippen LogP contribution in [0.1, 0.15) is 13.8 Å². The molecule has 0 spiro atoms. The summed E-state index contributed by atoms with van der Waals surface area (Å²) < 4.78 is 1.83. The van der Waals surface area contributed by atoms with Crippen molar-refractivity contribution in [3.8, 4) is 17.1 Å². The summed E-state index contributed by atoms with van der Waals surface area (Å²) in [6.45, 7) is 5.41. The highest BCUT2D eigenvalue weighted by Gasteiger charge is 2.16. The van der Waals surface area contributed by atoms with Crippen molar-refractivity contribution >= 4 is 17.7 Å². The molecule has 1 heterocycles. The molecule has 0 saturated carbocycles. The van der Waals surface area contributed by atoms with E-state index in [9.17, 15) is 4.79 Å². The first-order valence-electron chi connectivity index (χ1n) is 8.71. The third-order valence-electron chi connectivity index (χ3n) is 4.06. The Morgan fingerprint density at radius 1 is 1.00 bits per heavy atom. The summed E-state index contributed by atoms with van der Waals surface area (Å²) in [6.07, 6.45) is 0. The molecule has 0 bridgehead atoms. The minimum atomic E-state index is 0.109. The van der Waals surface area contributed by atoms with Gasteiger partial charge >= 0.3 is 0 Å². The molecule has 1 aromatic heterocycles. The Kier molecular flexibility index (Phi) is 6.07. The summed E-state index contributed by atoms with van der Waals surface area (Å²) in [5.74, 6) is 1.22. The Hall–Kier alpha value is -2.60. The summed E-state index contributed by atoms with van der Waals surface area (Å²) in [5.41, 5.74) is 1.94. The Labute approximate surface area is 158 Å². The van der Waals surface area contributed by atoms with Crippen LogP contribution in [0.4, 0.5) is 0 Å². The normalized spacial score (nSPS) is 10.7. The van der Waals surface area contributed by atoms with E-state index in [2.05, 4.69) is 10.1 Å². The van der Waals surface area contributed by atoms with E-state index in [1.54, 1.807) is 0 Å². The molecule has 1 amide bonds. The molecule has 0 unspecified atom stereocenters. The zero-order valence-corrected chi connectivity index (χ0v) is 15.8. The maximum atomic E-state index is 12.3. The molecular weight excluding hydrogens is 344 g/mol. The van der Waals surface area contributed by atoms with E-state index in [4.69, 9.17) is 0 Å². The summed E-state index contributed by atoms with van der Waals surface area (Å²) in [5, 5.41) is 5.24. The molecule has 0 aliphatic carbocycles. The van der Waals surface area contributed by atoms with E-state index >= 15 is 0 Å². The summed E-state index contributed by atoms with van der Waals surface area (Å²) in [7, 11) is 0. The predicted octanol–water partition coefficient (Wildman–Crippen LogP) is 3.89. The van der Waals surface area contributed by atoms with Crippen LogP contribution in [-0.4, -0.2) is 44.4 Å². The lowest BCUT2D eigenvalue weighted by atomic mass is 10.2. The van der Waals surface area contributed by atoms with Crippen LogP contribution < -0.4 is 0 Å². The highest BCUT2D eigenvalue weighted by molar-refractivity contribution is 7.99. The van der Waals surface area contributed by atoms with E-state index in [-0.39, 0.29) is 5.91 Å². The Morgan fingerprint density at radius 3 is 2.23 bits per heavy atom. The highest BCUT2D eigenvalue weighted by atomic mass is 32.2. The quantitative estimate of drug-likeness (QED) is 0.595. The van der Waals surface area contributed by atoms with Crippen molar-refractivity contribution in [1.29, 1.82) is 0 Å². The monoisotopic (exact) mass is 366 g/mol. The highest BCUT2D eigenvalue weighted by Crippen LogP contribution is 2.24. The smallest absolute Gasteiger partial charge is 0.233 e. The van der Waals surface area contributed by atoms with Gasteiger partial charge in [-0.3, -0.25) is 4.79 Å². The third kappa shape index (κ3) is 4.14. The molecule has 0 atom stereocenters. The average molecular weight is 366 g/mol. The Bertz CT molecular complexity index is 788. The van der Waals surface area contributed by atoms with Gasteiger partial charge in [0.1, 0.15) is 0 Å². The molecule has 0 fully saturated rings. The number of hydrogen-bond donors (Lipinski definition) is 0. The molecule has 5 nitrogen and oxygen atoms in total. The fraction of sp³-hybridized carbons (Fsp3) is 0.250. The number of nitrogens with zero attached hydrogens (tertiary/aromatic N) is 4. The van der Waals surface area contributed by atoms with Crippen molar-refractivity contribution in [2.24, 2.45) is 0 Å². The first-order chi connectivity index (χ1) is 12.7. The fourth-order valence-corrected chi connectivity index (χ4v) is 3.40. The SMILES string of the molecule is CCN(CC)C(=O)CSc1nc(-c2ccccc2)n(-c2ccccc2)n1. The topological polar surface area (TPSA) is 51.0 Å². The van der Waals surface area contributed by atoms with Gasteiger partial charge in [0.2, 0.25) is 11.1 Å². The van der Waals surface area contributed by atoms with Crippen molar-refractivity contribution in [3.05, 3.63) is 60.7 Å². The van der Waals surface area contributed by atoms with E-state index in [1.165, 1.54) is 11.8 Å². The second kappa shape index (κ2) is 8.67. The molecule has 26 heavy (non-hydrogen) atoms. The number of carbonyl (C=O) groups excluding carboxylic acids is 1. The van der Waals surface area contributed by atoms with Gasteiger partial charge in [0.25, 0.3) is 0 Å². The van der Waals surface area contributed by atoms with Gasteiger partial charge in [-0.15, -0.1) is 5.10 Å². The molecule has 3 aromatic rings. The molecule has 0 aliphatic rings. The zero-order chi connectivity index (χ0) is 18.4. The molecule has 0 N–H and O–H groups in total. The van der Waals surface area contributed by atoms with E-state index < -0.39 is 0 Å². The lowest BCUT2D eigenvalue weighted by molar-refractivity contribution is -0.127. The number of hydrogen-bond acceptors (Lipinski definition) is 4. The van der Waals surface area contributed by atoms with Crippen LogP contribution in [0.15, 0.2) is 65.8 Å². The van der Waals surface area contributed by atoms with Crippen LogP contribution >= 0.6 is 11.8 Å². The van der Waals surface area contributed by atoms with Gasteiger partial charge in [0.15, 0.2) is 5.82 Å². The van der Waals surface area contributed by atoms with Gasteiger partial charge in [-0.25, -0.2) is 9.67 Å². The number of para-hydroxylation sites is 1. The van der Waals surface area contributed by atoms with Gasteiger partial charge in [0.05, 0.1) is 11.4 Å². The molecule has 3 rings (SSSR count). The number of carbonyl (C=O) groups is 1. The Balaban J connectivity index is 1.89. The van der Waals surface area contributed by atoms with Gasteiger partial charge in [-0.05, 0) is 26.0 Å². The maximum Gasteiger partial charge on any atom is 0.233 e. The number of aromatic nitrogens is 3. The lowest BCUT2D eigenvalue weighted by Gasteiger charge is -2.17. The fourth-order valence-electron chi connectivity index (χ4n) is 2.67. The second-order valence-electron chi connectivity index (χ2n) is 5.69. The molecule has 0 aliphatic heterocycles. The molecule has 134 valence electrons. The molecule has 2 aromatic carbocycles. The minimum absolute atomic E-state index is 0.109. The number of amides is 1. The lowest BCUT2D eigenvalue weighted by Crippen LogP contribution is -2.31. The predicted molar refractivity (Wildman–Crippen MR) is 105 cm³/mol. The van der Waals surface area contributed by atoms with Crippen molar-refractivity contribution < 1.29 is 4.79 Å². The summed E-state index contributed by atoms with van der Waals surface area (Å²) >= 11 is 1.38. The van der Waals surface area contributed by atoms with E-state index in [0.29, 0.717) is 10.9 Å². The first kappa shape index (κ1) is 18.2. The van der Waals surface area contributed by atoms with Crippen LogP contribution in [0.25, 0.3) is 17.1 Å². The van der Waals surface area contributed by atoms with E-state index in [0.717, 1.165) is 30.2 Å². The van der Waals surface area contributed by atoms with Crippen molar-refractivity contribution in [2.45, 2.75) is 19.0 Å². The van der Waals surface area contributed by atoms with Crippen LogP contribution in [0.5, 0.6) is 0 Å². The first-order valence-corrected chi connectivity index (χ1v) is 9.70. The van der Waals surface area contributed by atoms with Crippen LogP contribution in [0.3, 0.4) is 0 Å². The van der Waals surface area contributed by atoms with Crippen molar-refractivity contribution in [2.75, 3.05) is 18.8 Å². The Morgan fingerprint density at radius 2 is 1.62 bits per heavy atom. The summed E-state index contributed by atoms with van der Waals surface area (Å²) in [4.78, 5) is 18.8. The molecule has 0 saturated heterocycles. The van der Waals surface area contributed by atoms with Gasteiger partial charge < -0.3 is 4.90 Å². The van der Waals surface area contributed by atoms with Gasteiger partial charge in [-0.1, -0.05) is 60.3 Å². The number of benzene rings is 2. The van der Waals surface area contributed by atoms with E-state index in [1.807, 2.05) is 84.1 Å². The van der Waals surface area contributed by atoms with Crippen LogP contribution in [-0.2, 0) is 4.79 Å². The zero-order valence-electron chi connectivity index (χ0n) is 15.0. The third-order valence-corrected chi connectivity index (χ3v) is 4.88. The largest absolute Gasteiger partial charge is 0.343 e. The average Bonchev–Trinajstić information content (AvgIpc) is 3.13. The minimum Gasteiger partial charge on any atom is -0.343 e. The number of thioether (sulfide) groups is 1. The molecule has 6 heteroatoms. The van der Waals surface area contributed by atoms with Crippen molar-refractivity contribution in [3.63, 3.8) is 0 Å². The van der Waals surface area contributed by atoms with Gasteiger partial charge in [0, 0.05) is 18.7 Å². The maximum absolute atomic E-state index is 12.3. The summed E-state index contributed by atoms with van der Waals surface area (Å²) in [6, 6.07) is 19.9. The molecular formula is C20H22N4OS. The standard InChI is InChI=1S/C20H22N4OS/c1-3-23(4-2)18(25)15-26-20-21-19(16-11-7-5-8-12-16)24(22-20)17-13-9-6-10-14-17/h5-14H,3-4,15H2,1-2H3. The van der Waals surface area contributed by atoms with Crippen molar-refractivity contribution in [1.82, 2.24) is 19.7 Å². The van der Waals surface area contributed by atoms with Gasteiger partial charge in [-0.2, -0.15) is 0 Å². The number of rotatable bonds is 7. The molecule has 0 radical (unpaired) electrons. The van der Waals surface area contributed by atoms with Crippen LogP contribution in [0.2, 0.25) is 0 Å². The second-order valence-corrected chi connectivity index (χ2v) is 6.63.